The van der Waals surface area contributed by atoms with Crippen molar-refractivity contribution in [1.82, 2.24) is 9.97 Å². The molecule has 3 aromatic rings. The smallest absolute Gasteiger partial charge is 0.255 e. The highest BCUT2D eigenvalue weighted by Crippen LogP contribution is 2.21. The predicted molar refractivity (Wildman–Crippen MR) is 88.4 cm³/mol. The van der Waals surface area contributed by atoms with Gasteiger partial charge in [-0.1, -0.05) is 11.6 Å². The molecule has 1 aromatic heterocycles. The van der Waals surface area contributed by atoms with Crippen LogP contribution < -0.4 is 5.32 Å². The van der Waals surface area contributed by atoms with E-state index in [1.165, 1.54) is 18.2 Å². The van der Waals surface area contributed by atoms with Gasteiger partial charge >= 0.3 is 0 Å². The number of hydrogen-bond donors (Lipinski definition) is 1. The van der Waals surface area contributed by atoms with Gasteiger partial charge in [-0.05, 0) is 50.2 Å². The third kappa shape index (κ3) is 3.14. The Bertz CT molecular complexity index is 927. The van der Waals surface area contributed by atoms with Crippen molar-refractivity contribution in [3.8, 4) is 0 Å². The Morgan fingerprint density at radius 2 is 1.74 bits per heavy atom. The lowest BCUT2D eigenvalue weighted by Gasteiger charge is -2.08. The Morgan fingerprint density at radius 1 is 1.04 bits per heavy atom. The minimum absolute atomic E-state index is 0.0359. The number of aromatic nitrogens is 2. The molecule has 0 aliphatic heterocycles. The number of carbonyl (C=O) groups excluding carboxylic acids is 1. The van der Waals surface area contributed by atoms with Crippen LogP contribution >= 0.6 is 11.6 Å². The van der Waals surface area contributed by atoms with E-state index in [1.807, 2.05) is 13.8 Å². The van der Waals surface area contributed by atoms with Gasteiger partial charge in [-0.3, -0.25) is 4.79 Å². The summed E-state index contributed by atoms with van der Waals surface area (Å²) in [7, 11) is 0. The minimum Gasteiger partial charge on any atom is -0.319 e. The van der Waals surface area contributed by atoms with Crippen LogP contribution in [0.3, 0.4) is 0 Å². The van der Waals surface area contributed by atoms with E-state index >= 15 is 0 Å². The second-order valence-corrected chi connectivity index (χ2v) is 5.61. The van der Waals surface area contributed by atoms with Gasteiger partial charge < -0.3 is 5.32 Å². The van der Waals surface area contributed by atoms with E-state index in [9.17, 15) is 9.18 Å². The second kappa shape index (κ2) is 5.93. The molecule has 0 saturated heterocycles. The largest absolute Gasteiger partial charge is 0.319 e. The van der Waals surface area contributed by atoms with Gasteiger partial charge in [-0.15, -0.1) is 0 Å². The Hall–Kier alpha value is -2.53. The van der Waals surface area contributed by atoms with Crippen LogP contribution in [0.2, 0.25) is 5.02 Å². The summed E-state index contributed by atoms with van der Waals surface area (Å²) in [5.74, 6) is -0.983. The number of aryl methyl sites for hydroxylation is 2. The van der Waals surface area contributed by atoms with Crippen LogP contribution in [0.5, 0.6) is 0 Å². The number of nitrogens with one attached hydrogen (secondary N) is 1. The van der Waals surface area contributed by atoms with Crippen LogP contribution in [0.25, 0.3) is 11.0 Å². The van der Waals surface area contributed by atoms with Gasteiger partial charge in [0.2, 0.25) is 0 Å². The van der Waals surface area contributed by atoms with Gasteiger partial charge in [-0.2, -0.15) is 0 Å². The van der Waals surface area contributed by atoms with Crippen molar-refractivity contribution in [2.45, 2.75) is 13.8 Å². The summed E-state index contributed by atoms with van der Waals surface area (Å²) in [6.07, 6.45) is 0. The Kier molecular flexibility index (Phi) is 3.96. The zero-order chi connectivity index (χ0) is 16.6. The van der Waals surface area contributed by atoms with E-state index < -0.39 is 11.7 Å². The molecule has 23 heavy (non-hydrogen) atoms. The molecule has 116 valence electrons. The molecule has 0 aliphatic carbocycles. The molecule has 0 saturated carbocycles. The Labute approximate surface area is 137 Å². The second-order valence-electron chi connectivity index (χ2n) is 5.18. The average molecular weight is 330 g/mol. The number of rotatable bonds is 2. The van der Waals surface area contributed by atoms with Crippen molar-refractivity contribution >= 4 is 34.2 Å². The molecular formula is C17H13ClFN3O. The number of carbonyl (C=O) groups is 1. The molecule has 6 heteroatoms. The normalized spacial score (nSPS) is 10.8. The fourth-order valence-electron chi connectivity index (χ4n) is 2.16. The highest BCUT2D eigenvalue weighted by molar-refractivity contribution is 6.31. The first-order chi connectivity index (χ1) is 10.9. The first kappa shape index (κ1) is 15.4. The number of fused-ring (bicyclic) bond motifs is 1. The molecule has 0 radical (unpaired) electrons. The molecular weight excluding hydrogens is 317 g/mol. The van der Waals surface area contributed by atoms with Crippen molar-refractivity contribution in [2.75, 3.05) is 5.32 Å². The van der Waals surface area contributed by atoms with E-state index in [4.69, 9.17) is 11.6 Å². The minimum atomic E-state index is -0.546. The highest BCUT2D eigenvalue weighted by Gasteiger charge is 2.11. The molecule has 0 unspecified atom stereocenters. The summed E-state index contributed by atoms with van der Waals surface area (Å²) in [6, 6.07) is 8.97. The van der Waals surface area contributed by atoms with Crippen LogP contribution in [0.15, 0.2) is 36.4 Å². The maximum Gasteiger partial charge on any atom is 0.255 e. The Balaban J connectivity index is 1.94. The van der Waals surface area contributed by atoms with Crippen LogP contribution in [0.4, 0.5) is 10.1 Å². The molecule has 0 atom stereocenters. The van der Waals surface area contributed by atoms with Crippen LogP contribution in [0, 0.1) is 19.7 Å². The zero-order valence-corrected chi connectivity index (χ0v) is 13.3. The average Bonchev–Trinajstić information content (AvgIpc) is 2.51. The fraction of sp³-hybridized carbons (Fsp3) is 0.118. The van der Waals surface area contributed by atoms with Gasteiger partial charge in [0.15, 0.2) is 0 Å². The summed E-state index contributed by atoms with van der Waals surface area (Å²) >= 11 is 5.82. The van der Waals surface area contributed by atoms with Crippen molar-refractivity contribution < 1.29 is 9.18 Å². The molecule has 3 rings (SSSR count). The van der Waals surface area contributed by atoms with E-state index in [2.05, 4.69) is 15.3 Å². The maximum atomic E-state index is 13.7. The number of anilines is 1. The molecule has 0 aliphatic rings. The summed E-state index contributed by atoms with van der Waals surface area (Å²) in [5.41, 5.74) is 3.38. The SMILES string of the molecule is Cc1nc2ccc(C(=O)Nc3cc(Cl)ccc3F)cc2nc1C. The lowest BCUT2D eigenvalue weighted by atomic mass is 10.1. The molecule has 1 N–H and O–H groups in total. The van der Waals surface area contributed by atoms with E-state index in [0.717, 1.165) is 11.4 Å². The topological polar surface area (TPSA) is 54.9 Å². The van der Waals surface area contributed by atoms with Gasteiger partial charge in [0.05, 0.1) is 28.1 Å². The monoisotopic (exact) mass is 329 g/mol. The van der Waals surface area contributed by atoms with Gasteiger partial charge in [0.1, 0.15) is 5.82 Å². The Morgan fingerprint density at radius 3 is 2.48 bits per heavy atom. The highest BCUT2D eigenvalue weighted by atomic mass is 35.5. The maximum absolute atomic E-state index is 13.7. The van der Waals surface area contributed by atoms with Crippen LogP contribution in [0.1, 0.15) is 21.7 Å². The molecule has 1 heterocycles. The van der Waals surface area contributed by atoms with Gasteiger partial charge in [0.25, 0.3) is 5.91 Å². The van der Waals surface area contributed by atoms with Crippen molar-refractivity contribution in [3.63, 3.8) is 0 Å². The van der Waals surface area contributed by atoms with Crippen molar-refractivity contribution in [2.24, 2.45) is 0 Å². The molecule has 0 fully saturated rings. The molecule has 0 spiro atoms. The number of amides is 1. The first-order valence-corrected chi connectivity index (χ1v) is 7.33. The van der Waals surface area contributed by atoms with E-state index in [1.54, 1.807) is 18.2 Å². The van der Waals surface area contributed by atoms with E-state index in [-0.39, 0.29) is 5.69 Å². The quantitative estimate of drug-likeness (QED) is 0.763. The number of benzene rings is 2. The number of nitrogens with zero attached hydrogens (tertiary/aromatic N) is 2. The van der Waals surface area contributed by atoms with Gasteiger partial charge in [0, 0.05) is 10.6 Å². The lowest BCUT2D eigenvalue weighted by Crippen LogP contribution is -2.13. The summed E-state index contributed by atoms with van der Waals surface area (Å²) < 4.78 is 13.7. The van der Waals surface area contributed by atoms with E-state index in [0.29, 0.717) is 21.6 Å². The third-order valence-electron chi connectivity index (χ3n) is 3.51. The molecule has 2 aromatic carbocycles. The molecule has 1 amide bonds. The number of hydrogen-bond acceptors (Lipinski definition) is 3. The molecule has 4 nitrogen and oxygen atoms in total. The summed E-state index contributed by atoms with van der Waals surface area (Å²) in [5, 5.41) is 2.86. The summed E-state index contributed by atoms with van der Waals surface area (Å²) in [4.78, 5) is 21.1. The van der Waals surface area contributed by atoms with Crippen LogP contribution in [-0.2, 0) is 0 Å². The number of halogens is 2. The summed E-state index contributed by atoms with van der Waals surface area (Å²) in [6.45, 7) is 3.74. The first-order valence-electron chi connectivity index (χ1n) is 6.95. The standard InChI is InChI=1S/C17H13ClFN3O/c1-9-10(2)21-16-7-11(3-6-14(16)20-9)17(23)22-15-8-12(18)4-5-13(15)19/h3-8H,1-2H3,(H,22,23). The zero-order valence-electron chi connectivity index (χ0n) is 12.5. The lowest BCUT2D eigenvalue weighted by molar-refractivity contribution is 0.102. The van der Waals surface area contributed by atoms with Gasteiger partial charge in [-0.25, -0.2) is 14.4 Å². The fourth-order valence-corrected chi connectivity index (χ4v) is 2.33. The van der Waals surface area contributed by atoms with Crippen LogP contribution in [-0.4, -0.2) is 15.9 Å². The predicted octanol–water partition coefficient (Wildman–Crippen LogP) is 4.29. The molecule has 0 bridgehead atoms. The third-order valence-corrected chi connectivity index (χ3v) is 3.75. The van der Waals surface area contributed by atoms with Crippen molar-refractivity contribution in [1.29, 1.82) is 0 Å². The van der Waals surface area contributed by atoms with Crippen molar-refractivity contribution in [3.05, 3.63) is 64.2 Å².